The molecule has 0 aliphatic heterocycles. The fraction of sp³-hybridized carbons (Fsp3) is 0.571. The third-order valence-electron chi connectivity index (χ3n) is 2.80. The van der Waals surface area contributed by atoms with Gasteiger partial charge in [0.05, 0.1) is 7.11 Å². The van der Waals surface area contributed by atoms with Gasteiger partial charge in [-0.25, -0.2) is 0 Å². The van der Waals surface area contributed by atoms with Crippen LogP contribution in [-0.4, -0.2) is 32.8 Å². The molecular weight excluding hydrogens is 212 g/mol. The summed E-state index contributed by atoms with van der Waals surface area (Å²) in [6, 6.07) is 6.45. The summed E-state index contributed by atoms with van der Waals surface area (Å²) in [5.41, 5.74) is 2.61. The second-order valence-electron chi connectivity index (χ2n) is 4.76. The lowest BCUT2D eigenvalue weighted by atomic mass is 9.99. The van der Waals surface area contributed by atoms with Crippen molar-refractivity contribution in [2.24, 2.45) is 0 Å². The number of rotatable bonds is 6. The van der Waals surface area contributed by atoms with E-state index in [4.69, 9.17) is 4.74 Å². The molecule has 0 unspecified atom stereocenters. The average molecular weight is 236 g/mol. The van der Waals surface area contributed by atoms with Gasteiger partial charge >= 0.3 is 0 Å². The molecule has 0 spiro atoms. The molecule has 96 valence electrons. The summed E-state index contributed by atoms with van der Waals surface area (Å²) >= 11 is 0. The number of nitrogens with one attached hydrogen (secondary N) is 1. The van der Waals surface area contributed by atoms with E-state index in [-0.39, 0.29) is 0 Å². The van der Waals surface area contributed by atoms with Crippen molar-refractivity contribution in [1.29, 1.82) is 0 Å². The van der Waals surface area contributed by atoms with Crippen LogP contribution in [0.25, 0.3) is 0 Å². The van der Waals surface area contributed by atoms with Crippen molar-refractivity contribution in [3.63, 3.8) is 0 Å². The van der Waals surface area contributed by atoms with Crippen LogP contribution in [0.2, 0.25) is 0 Å². The van der Waals surface area contributed by atoms with E-state index >= 15 is 0 Å². The summed E-state index contributed by atoms with van der Waals surface area (Å²) in [7, 11) is 5.80. The highest BCUT2D eigenvalue weighted by molar-refractivity contribution is 5.39. The van der Waals surface area contributed by atoms with Crippen LogP contribution in [0, 0.1) is 0 Å². The Morgan fingerprint density at radius 2 is 2.06 bits per heavy atom. The Balaban J connectivity index is 2.84. The summed E-state index contributed by atoms with van der Waals surface area (Å²) in [5, 5.41) is 3.15. The van der Waals surface area contributed by atoms with Crippen LogP contribution in [0.5, 0.6) is 5.75 Å². The highest BCUT2D eigenvalue weighted by Gasteiger charge is 2.09. The van der Waals surface area contributed by atoms with E-state index in [9.17, 15) is 0 Å². The van der Waals surface area contributed by atoms with Gasteiger partial charge in [-0.05, 0) is 37.2 Å². The average Bonchev–Trinajstić information content (AvgIpc) is 2.29. The smallest absolute Gasteiger partial charge is 0.122 e. The summed E-state index contributed by atoms with van der Waals surface area (Å²) in [5.74, 6) is 1.47. The first-order chi connectivity index (χ1) is 8.08. The molecule has 1 aromatic rings. The van der Waals surface area contributed by atoms with Gasteiger partial charge in [-0.15, -0.1) is 0 Å². The van der Waals surface area contributed by atoms with Gasteiger partial charge in [0.2, 0.25) is 0 Å². The van der Waals surface area contributed by atoms with E-state index < -0.39 is 0 Å². The highest BCUT2D eigenvalue weighted by atomic mass is 16.5. The Hall–Kier alpha value is -1.06. The number of methoxy groups -OCH3 is 1. The van der Waals surface area contributed by atoms with Crippen LogP contribution in [0.3, 0.4) is 0 Å². The van der Waals surface area contributed by atoms with E-state index in [0.29, 0.717) is 5.92 Å². The second-order valence-corrected chi connectivity index (χ2v) is 4.76. The highest BCUT2D eigenvalue weighted by Crippen LogP contribution is 2.27. The minimum atomic E-state index is 0.486. The molecule has 1 N–H and O–H groups in total. The number of benzene rings is 1. The maximum absolute atomic E-state index is 5.39. The Morgan fingerprint density at radius 1 is 1.35 bits per heavy atom. The van der Waals surface area contributed by atoms with Crippen LogP contribution >= 0.6 is 0 Å². The minimum Gasteiger partial charge on any atom is -0.496 e. The lowest BCUT2D eigenvalue weighted by Crippen LogP contribution is -2.28. The van der Waals surface area contributed by atoms with E-state index in [1.165, 1.54) is 11.1 Å². The minimum absolute atomic E-state index is 0.486. The molecule has 0 bridgehead atoms. The van der Waals surface area contributed by atoms with Gasteiger partial charge in [-0.3, -0.25) is 4.90 Å². The molecule has 17 heavy (non-hydrogen) atoms. The quantitative estimate of drug-likeness (QED) is 0.768. The first-order valence-corrected chi connectivity index (χ1v) is 6.08. The fourth-order valence-electron chi connectivity index (χ4n) is 1.97. The van der Waals surface area contributed by atoms with Crippen molar-refractivity contribution >= 4 is 0 Å². The molecule has 0 saturated heterocycles. The molecule has 0 radical (unpaired) electrons. The Bertz CT molecular complexity index is 350. The van der Waals surface area contributed by atoms with Gasteiger partial charge in [0.1, 0.15) is 5.75 Å². The first-order valence-electron chi connectivity index (χ1n) is 6.08. The fourth-order valence-corrected chi connectivity index (χ4v) is 1.97. The van der Waals surface area contributed by atoms with Gasteiger partial charge in [0, 0.05) is 13.2 Å². The maximum Gasteiger partial charge on any atom is 0.122 e. The molecule has 0 fully saturated rings. The summed E-state index contributed by atoms with van der Waals surface area (Å²) in [4.78, 5) is 2.24. The Kier molecular flexibility index (Phi) is 5.45. The van der Waals surface area contributed by atoms with Gasteiger partial charge in [0.25, 0.3) is 0 Å². The SMILES string of the molecule is CNCN(C)Cc1ccc(OC)c(C(C)C)c1. The number of hydrogen-bond donors (Lipinski definition) is 1. The zero-order chi connectivity index (χ0) is 12.8. The number of hydrogen-bond acceptors (Lipinski definition) is 3. The lowest BCUT2D eigenvalue weighted by Gasteiger charge is -2.18. The lowest BCUT2D eigenvalue weighted by molar-refractivity contribution is 0.309. The molecule has 3 nitrogen and oxygen atoms in total. The predicted octanol–water partition coefficient (Wildman–Crippen LogP) is 2.43. The molecular formula is C14H24N2O. The van der Waals surface area contributed by atoms with Crippen LogP contribution in [0.1, 0.15) is 30.9 Å². The molecule has 1 rings (SSSR count). The Morgan fingerprint density at radius 3 is 2.59 bits per heavy atom. The summed E-state index contributed by atoms with van der Waals surface area (Å²) < 4.78 is 5.39. The van der Waals surface area contributed by atoms with Crippen molar-refractivity contribution in [3.05, 3.63) is 29.3 Å². The van der Waals surface area contributed by atoms with Crippen molar-refractivity contribution in [1.82, 2.24) is 10.2 Å². The van der Waals surface area contributed by atoms with Crippen molar-refractivity contribution in [3.8, 4) is 5.75 Å². The van der Waals surface area contributed by atoms with Crippen LogP contribution in [0.15, 0.2) is 18.2 Å². The monoisotopic (exact) mass is 236 g/mol. The molecule has 0 aromatic heterocycles. The van der Waals surface area contributed by atoms with E-state index in [0.717, 1.165) is 19.0 Å². The molecule has 0 atom stereocenters. The molecule has 3 heteroatoms. The van der Waals surface area contributed by atoms with E-state index in [1.54, 1.807) is 7.11 Å². The van der Waals surface area contributed by atoms with Gasteiger partial charge in [0.15, 0.2) is 0 Å². The van der Waals surface area contributed by atoms with Crippen molar-refractivity contribution < 1.29 is 4.74 Å². The standard InChI is InChI=1S/C14H24N2O/c1-11(2)13-8-12(6-7-14(13)17-5)9-16(4)10-15-3/h6-8,11,15H,9-10H2,1-5H3. The molecule has 0 aliphatic rings. The van der Waals surface area contributed by atoms with Gasteiger partial charge in [-0.1, -0.05) is 26.0 Å². The zero-order valence-electron chi connectivity index (χ0n) is 11.6. The Labute approximate surface area is 105 Å². The number of ether oxygens (including phenoxy) is 1. The van der Waals surface area contributed by atoms with Gasteiger partial charge < -0.3 is 10.1 Å². The zero-order valence-corrected chi connectivity index (χ0v) is 11.6. The first kappa shape index (κ1) is 14.0. The molecule has 0 saturated carbocycles. The maximum atomic E-state index is 5.39. The second kappa shape index (κ2) is 6.62. The third kappa shape index (κ3) is 4.02. The molecule has 0 amide bonds. The van der Waals surface area contributed by atoms with Gasteiger partial charge in [-0.2, -0.15) is 0 Å². The molecule has 1 aromatic carbocycles. The van der Waals surface area contributed by atoms with Crippen molar-refractivity contribution in [2.75, 3.05) is 27.9 Å². The number of nitrogens with zero attached hydrogens (tertiary/aromatic N) is 1. The third-order valence-corrected chi connectivity index (χ3v) is 2.80. The van der Waals surface area contributed by atoms with E-state index in [1.807, 2.05) is 7.05 Å². The van der Waals surface area contributed by atoms with Crippen molar-refractivity contribution in [2.45, 2.75) is 26.3 Å². The molecule has 0 heterocycles. The van der Waals surface area contributed by atoms with E-state index in [2.05, 4.69) is 49.3 Å². The van der Waals surface area contributed by atoms with Crippen LogP contribution in [-0.2, 0) is 6.54 Å². The van der Waals surface area contributed by atoms with Crippen LogP contribution in [0.4, 0.5) is 0 Å². The largest absolute Gasteiger partial charge is 0.496 e. The molecule has 0 aliphatic carbocycles. The summed E-state index contributed by atoms with van der Waals surface area (Å²) in [6.45, 7) is 6.23. The predicted molar refractivity (Wildman–Crippen MR) is 72.5 cm³/mol. The van der Waals surface area contributed by atoms with Crippen LogP contribution < -0.4 is 10.1 Å². The topological polar surface area (TPSA) is 24.5 Å². The summed E-state index contributed by atoms with van der Waals surface area (Å²) in [6.07, 6.45) is 0. The normalized spacial score (nSPS) is 11.2.